The topological polar surface area (TPSA) is 331 Å². The lowest BCUT2D eigenvalue weighted by Gasteiger charge is -2.19. The highest BCUT2D eigenvalue weighted by atomic mass is 35.5. The molecule has 12 aromatic carbocycles. The van der Waals surface area contributed by atoms with E-state index in [2.05, 4.69) is 167 Å². The molecule has 0 radical (unpaired) electrons. The van der Waals surface area contributed by atoms with E-state index in [0.29, 0.717) is 10.7 Å². The summed E-state index contributed by atoms with van der Waals surface area (Å²) >= 11 is 6.14. The number of aryl methyl sites for hydroxylation is 5. The molecule has 18 aromatic rings. The first-order valence-corrected chi connectivity index (χ1v) is 44.0. The van der Waals surface area contributed by atoms with Gasteiger partial charge in [0.1, 0.15) is 0 Å². The quantitative estimate of drug-likeness (QED) is 0.0438. The zero-order chi connectivity index (χ0) is 99.0. The van der Waals surface area contributed by atoms with Crippen LogP contribution in [0.4, 0.5) is 8.78 Å². The van der Waals surface area contributed by atoms with E-state index in [0.717, 1.165) is 119 Å². The number of alkyl halides is 2. The predicted molar refractivity (Wildman–Crippen MR) is 531 cm³/mol. The first kappa shape index (κ1) is 98.4. The van der Waals surface area contributed by atoms with Crippen molar-refractivity contribution in [2.24, 2.45) is 0 Å². The van der Waals surface area contributed by atoms with Gasteiger partial charge in [-0.15, -0.1) is 0 Å². The molecule has 6 aromatic heterocycles. The van der Waals surface area contributed by atoms with Crippen LogP contribution in [-0.4, -0.2) is 125 Å². The number of halogens is 3. The first-order chi connectivity index (χ1) is 65.7. The summed E-state index contributed by atoms with van der Waals surface area (Å²) in [6, 6.07) is 81.4. The van der Waals surface area contributed by atoms with Gasteiger partial charge in [-0.25, -0.2) is 65.6 Å². The second kappa shape index (κ2) is 42.8. The molecule has 696 valence electrons. The maximum atomic E-state index is 13.4. The third-order valence-corrected chi connectivity index (χ3v) is 22.9. The van der Waals surface area contributed by atoms with Gasteiger partial charge in [-0.1, -0.05) is 204 Å². The molecular weight excluding hydrogens is 1770 g/mol. The zero-order valence-corrected chi connectivity index (χ0v) is 78.3. The highest BCUT2D eigenvalue weighted by Crippen LogP contribution is 2.34. The van der Waals surface area contributed by atoms with Crippen molar-refractivity contribution in [3.8, 4) is 101 Å². The zero-order valence-electron chi connectivity index (χ0n) is 77.5. The van der Waals surface area contributed by atoms with Crippen molar-refractivity contribution in [2.45, 2.75) is 99.8 Å². The third-order valence-electron chi connectivity index (χ3n) is 22.5. The number of rotatable bonds is 19. The lowest BCUT2D eigenvalue weighted by molar-refractivity contribution is 0.0174. The van der Waals surface area contributed by atoms with Crippen molar-refractivity contribution in [2.75, 3.05) is 0 Å². The van der Waals surface area contributed by atoms with E-state index in [4.69, 9.17) is 42.2 Å². The maximum absolute atomic E-state index is 13.4. The first-order valence-electron chi connectivity index (χ1n) is 43.6. The van der Waals surface area contributed by atoms with E-state index in [1.165, 1.54) is 51.2 Å². The van der Waals surface area contributed by atoms with E-state index in [1.54, 1.807) is 180 Å². The summed E-state index contributed by atoms with van der Waals surface area (Å²) in [5, 5.41) is 80.9. The van der Waals surface area contributed by atoms with Gasteiger partial charge >= 0.3 is 35.8 Å². The molecule has 0 spiro atoms. The molecule has 0 aliphatic carbocycles. The molecule has 0 saturated carbocycles. The average molecular weight is 1870 g/mol. The minimum atomic E-state index is -2.92. The monoisotopic (exact) mass is 1860 g/mol. The van der Waals surface area contributed by atoms with Gasteiger partial charge < -0.3 is 30.6 Å². The van der Waals surface area contributed by atoms with Gasteiger partial charge in [0, 0.05) is 88.1 Å². The minimum Gasteiger partial charge on any atom is -0.478 e. The van der Waals surface area contributed by atoms with Crippen LogP contribution in [0.5, 0.6) is 0 Å². The number of hydrogen-bond acceptors (Lipinski definition) is 12. The summed E-state index contributed by atoms with van der Waals surface area (Å²) in [5.74, 6) is -8.55. The van der Waals surface area contributed by atoms with E-state index in [1.807, 2.05) is 107 Å². The Hall–Kier alpha value is -17.1. The SMILES string of the molecule is CC(C)(C)c1ccc(-n2cc(-c3ccc(C(=O)O)cc3)cn2)cc1.CC(C)(C)c1ccc(-n2cc(-c3cccc(C(=O)O)c3)cn2)cc1.CC(F)(F)c1cccc(-n2cc(-c3ccc(C(=O)O)cc3)cn2)c1.Cc1ccc(-n2cc(-c3ccc(C(=O)O)cc3)cn2)c(C)c1.Cc1ccc(-n2cc(-c3cccc(C(=O)O)c3)cn2)c(C)c1.Cc1ccc(-n2cc(-c3cccc(C(=O)O)c3)cn2)cc1Cl. The van der Waals surface area contributed by atoms with Crippen LogP contribution in [0.1, 0.15) is 155 Å². The number of carboxylic acids is 6. The Morgan fingerprint density at radius 1 is 0.254 bits per heavy atom. The van der Waals surface area contributed by atoms with Gasteiger partial charge in [-0.3, -0.25) is 0 Å². The Bertz CT molecular complexity index is 7420. The van der Waals surface area contributed by atoms with Crippen molar-refractivity contribution in [3.05, 3.63) is 430 Å². The van der Waals surface area contributed by atoms with Crippen LogP contribution in [0.25, 0.3) is 101 Å². The molecule has 0 fully saturated rings. The summed E-state index contributed by atoms with van der Waals surface area (Å²) in [6.07, 6.45) is 21.7. The summed E-state index contributed by atoms with van der Waals surface area (Å²) in [4.78, 5) is 65.9. The Kier molecular flexibility index (Phi) is 30.5. The summed E-state index contributed by atoms with van der Waals surface area (Å²) in [6.45, 7) is 24.1. The molecule has 138 heavy (non-hydrogen) atoms. The summed E-state index contributed by atoms with van der Waals surface area (Å²) < 4.78 is 37.4. The van der Waals surface area contributed by atoms with Crippen LogP contribution in [-0.2, 0) is 16.8 Å². The minimum absolute atomic E-state index is 0.0807. The summed E-state index contributed by atoms with van der Waals surface area (Å²) in [7, 11) is 0. The van der Waals surface area contributed by atoms with E-state index in [9.17, 15) is 37.5 Å². The third kappa shape index (κ3) is 25.2. The van der Waals surface area contributed by atoms with Crippen molar-refractivity contribution >= 4 is 47.4 Å². The Morgan fingerprint density at radius 3 is 0.819 bits per heavy atom. The second-order valence-corrected chi connectivity index (χ2v) is 35.3. The number of carboxylic acid groups (broad SMARTS) is 6. The van der Waals surface area contributed by atoms with Crippen molar-refractivity contribution in [3.63, 3.8) is 0 Å². The molecule has 0 bridgehead atoms. The molecule has 24 nitrogen and oxygen atoms in total. The van der Waals surface area contributed by atoms with Crippen LogP contribution in [0.3, 0.4) is 0 Å². The molecule has 6 N–H and O–H groups in total. The van der Waals surface area contributed by atoms with Crippen LogP contribution in [0.15, 0.2) is 347 Å². The van der Waals surface area contributed by atoms with Gasteiger partial charge in [0.15, 0.2) is 0 Å². The van der Waals surface area contributed by atoms with E-state index in [-0.39, 0.29) is 49.8 Å². The molecule has 18 rings (SSSR count). The second-order valence-electron chi connectivity index (χ2n) is 34.9. The van der Waals surface area contributed by atoms with Crippen LogP contribution in [0, 0.1) is 34.6 Å². The highest BCUT2D eigenvalue weighted by molar-refractivity contribution is 6.31. The molecule has 0 amide bonds. The molecule has 27 heteroatoms. The van der Waals surface area contributed by atoms with Crippen molar-refractivity contribution in [1.82, 2.24) is 58.7 Å². The lowest BCUT2D eigenvalue weighted by Crippen LogP contribution is -2.10. The van der Waals surface area contributed by atoms with Gasteiger partial charge in [-0.2, -0.15) is 30.6 Å². The largest absolute Gasteiger partial charge is 0.478 e. The highest BCUT2D eigenvalue weighted by Gasteiger charge is 2.25. The number of carbonyl (C=O) groups is 6. The number of nitrogens with zero attached hydrogens (tertiary/aromatic N) is 12. The number of hydrogen-bond donors (Lipinski definition) is 6. The Morgan fingerprint density at radius 2 is 0.529 bits per heavy atom. The van der Waals surface area contributed by atoms with Crippen LogP contribution in [0.2, 0.25) is 5.02 Å². The summed E-state index contributed by atoms with van der Waals surface area (Å²) in [5.41, 5.74) is 25.9. The van der Waals surface area contributed by atoms with Gasteiger partial charge in [0.05, 0.1) is 105 Å². The normalized spacial score (nSPS) is 11.1. The molecule has 0 unspecified atom stereocenters. The van der Waals surface area contributed by atoms with Crippen LogP contribution < -0.4 is 0 Å². The molecule has 0 aliphatic heterocycles. The number of aromatic nitrogens is 12. The van der Waals surface area contributed by atoms with Gasteiger partial charge in [-0.05, 0) is 240 Å². The Balaban J connectivity index is 0.000000140. The van der Waals surface area contributed by atoms with Gasteiger partial charge in [0.25, 0.3) is 5.92 Å². The molecular formula is C111H99ClF2N12O12. The smallest absolute Gasteiger partial charge is 0.335 e. The fourth-order valence-electron chi connectivity index (χ4n) is 14.6. The predicted octanol–water partition coefficient (Wildman–Crippen LogP) is 25.3. The van der Waals surface area contributed by atoms with Crippen molar-refractivity contribution < 1.29 is 68.2 Å². The fourth-order valence-corrected chi connectivity index (χ4v) is 14.7. The fraction of sp³-hybridized carbons (Fsp3) is 0.135. The lowest BCUT2D eigenvalue weighted by atomic mass is 9.87. The standard InChI is InChI=1S/2C20H20N2O2.C18H14F2N2O2.2C18H16N2O2.C17H13ClN2O2/c1-20(2,3)17-8-10-18(11-9-17)22-13-16(12-21-22)14-4-6-15(7-5-14)19(23)24;1-20(2,3)17-7-9-18(10-8-17)22-13-16(12-21-22)14-5-4-6-15(11-14)19(23)24;1-18(19,20)15-3-2-4-16(9-15)22-11-14(10-21-22)12-5-7-13(8-6-12)17(23)24;1-12-3-8-17(13(2)9-12)20-11-16(10-19-20)14-4-6-15(7-5-14)18(21)22;1-12-6-7-17(13(2)8-12)20-11-16(10-19-20)14-4-3-5-15(9-14)18(21)22;1-11-5-6-15(8-16(11)18)20-10-14(9-19-20)12-3-2-4-13(7-12)17(21)22/h2*4-13H,1-3H3,(H,23,24);2-11H,1H3,(H,23,24);2*3-11H,1-2H3,(H,21,22);2-10H,1H3,(H,21,22). The van der Waals surface area contributed by atoms with Gasteiger partial charge in [0.2, 0.25) is 0 Å². The molecule has 6 heterocycles. The van der Waals surface area contributed by atoms with E-state index < -0.39 is 41.7 Å². The van der Waals surface area contributed by atoms with E-state index >= 15 is 0 Å². The maximum Gasteiger partial charge on any atom is 0.335 e. The Labute approximate surface area is 800 Å². The molecule has 0 aliphatic rings. The average Bonchev–Trinajstić information content (AvgIpc) is 1.81. The molecule has 0 saturated heterocycles. The number of aromatic carboxylic acids is 6. The van der Waals surface area contributed by atoms with Crippen molar-refractivity contribution in [1.29, 1.82) is 0 Å². The number of benzene rings is 12. The van der Waals surface area contributed by atoms with Crippen LogP contribution >= 0.6 is 11.6 Å². The molecule has 0 atom stereocenters.